The molecule has 98 valence electrons. The molecule has 2 bridgehead atoms. The van der Waals surface area contributed by atoms with Gasteiger partial charge in [0.1, 0.15) is 0 Å². The van der Waals surface area contributed by atoms with E-state index in [-0.39, 0.29) is 11.9 Å². The Kier molecular flexibility index (Phi) is 3.61. The first kappa shape index (κ1) is 12.7. The number of carbonyl (C=O) groups is 1. The van der Waals surface area contributed by atoms with Gasteiger partial charge in [0.15, 0.2) is 0 Å². The summed E-state index contributed by atoms with van der Waals surface area (Å²) in [6.45, 7) is 2.06. The second-order valence-electron chi connectivity index (χ2n) is 4.96. The minimum Gasteiger partial charge on any atom is -0.341 e. The number of hydrogen-bond acceptors (Lipinski definition) is 2. The number of alkyl halides is 3. The molecule has 3 aliphatic heterocycles. The molecule has 6 heteroatoms. The fraction of sp³-hybridized carbons (Fsp3) is 0.909. The summed E-state index contributed by atoms with van der Waals surface area (Å²) in [5, 5.41) is 3.32. The van der Waals surface area contributed by atoms with Crippen molar-refractivity contribution in [1.29, 1.82) is 0 Å². The lowest BCUT2D eigenvalue weighted by atomic mass is 9.97. The standard InChI is InChI=1S/C11H17F3N2O/c12-11(13,14)4-3-10(17)16-6-8-1-2-9(7-16)15-5-8/h8-9,15H,1-7H2/t8-,9-/m0/s1. The molecule has 0 unspecified atom stereocenters. The first-order valence-corrected chi connectivity index (χ1v) is 6.02. The zero-order valence-corrected chi connectivity index (χ0v) is 9.59. The molecular formula is C11H17F3N2O. The number of carbonyl (C=O) groups excluding carboxylic acids is 1. The number of piperidine rings is 1. The summed E-state index contributed by atoms with van der Waals surface area (Å²) < 4.78 is 36.1. The Morgan fingerprint density at radius 1 is 1.29 bits per heavy atom. The van der Waals surface area contributed by atoms with Crippen molar-refractivity contribution in [1.82, 2.24) is 10.2 Å². The molecule has 3 fully saturated rings. The van der Waals surface area contributed by atoms with Gasteiger partial charge in [-0.15, -0.1) is 0 Å². The smallest absolute Gasteiger partial charge is 0.341 e. The minimum absolute atomic E-state index is 0.267. The number of rotatable bonds is 2. The SMILES string of the molecule is O=C(CCC(F)(F)F)N1C[C@H]2CC[C@@H](C1)NC2. The number of nitrogens with zero attached hydrogens (tertiary/aromatic N) is 1. The van der Waals surface area contributed by atoms with Crippen molar-refractivity contribution in [3.05, 3.63) is 0 Å². The van der Waals surface area contributed by atoms with Crippen LogP contribution < -0.4 is 5.32 Å². The van der Waals surface area contributed by atoms with E-state index in [1.54, 1.807) is 4.90 Å². The first-order valence-electron chi connectivity index (χ1n) is 6.02. The molecule has 3 heterocycles. The van der Waals surface area contributed by atoms with Gasteiger partial charge in [0, 0.05) is 25.6 Å². The van der Waals surface area contributed by atoms with E-state index in [9.17, 15) is 18.0 Å². The zero-order valence-electron chi connectivity index (χ0n) is 9.59. The van der Waals surface area contributed by atoms with Crippen molar-refractivity contribution in [3.8, 4) is 0 Å². The van der Waals surface area contributed by atoms with E-state index in [1.807, 2.05) is 0 Å². The number of nitrogens with one attached hydrogen (secondary N) is 1. The molecule has 3 rings (SSSR count). The highest BCUT2D eigenvalue weighted by atomic mass is 19.4. The summed E-state index contributed by atoms with van der Waals surface area (Å²) in [5.41, 5.74) is 0. The third-order valence-corrected chi connectivity index (χ3v) is 3.51. The molecule has 0 aromatic rings. The van der Waals surface area contributed by atoms with Gasteiger partial charge in [-0.2, -0.15) is 13.2 Å². The molecule has 2 atom stereocenters. The van der Waals surface area contributed by atoms with Crippen LogP contribution in [-0.2, 0) is 4.79 Å². The van der Waals surface area contributed by atoms with Crippen LogP contribution in [-0.4, -0.2) is 42.7 Å². The van der Waals surface area contributed by atoms with Crippen LogP contribution in [0.3, 0.4) is 0 Å². The number of halogens is 3. The molecule has 3 saturated heterocycles. The fourth-order valence-corrected chi connectivity index (χ4v) is 2.55. The van der Waals surface area contributed by atoms with Crippen molar-refractivity contribution in [2.24, 2.45) is 5.92 Å². The molecule has 0 aromatic heterocycles. The van der Waals surface area contributed by atoms with Crippen molar-refractivity contribution in [2.45, 2.75) is 37.9 Å². The molecule has 17 heavy (non-hydrogen) atoms. The number of amides is 1. The van der Waals surface area contributed by atoms with Crippen LogP contribution >= 0.6 is 0 Å². The summed E-state index contributed by atoms with van der Waals surface area (Å²) in [7, 11) is 0. The van der Waals surface area contributed by atoms with Gasteiger partial charge in [0.2, 0.25) is 5.91 Å². The molecular weight excluding hydrogens is 233 g/mol. The van der Waals surface area contributed by atoms with E-state index >= 15 is 0 Å². The summed E-state index contributed by atoms with van der Waals surface area (Å²) in [6, 6.07) is 0.267. The van der Waals surface area contributed by atoms with Crippen LogP contribution in [0.5, 0.6) is 0 Å². The Balaban J connectivity index is 1.87. The third-order valence-electron chi connectivity index (χ3n) is 3.51. The predicted molar refractivity (Wildman–Crippen MR) is 56.4 cm³/mol. The maximum Gasteiger partial charge on any atom is 0.389 e. The summed E-state index contributed by atoms with van der Waals surface area (Å²) in [6.07, 6.45) is -3.57. The van der Waals surface area contributed by atoms with Gasteiger partial charge in [-0.3, -0.25) is 4.79 Å². The highest BCUT2D eigenvalue weighted by Crippen LogP contribution is 2.25. The molecule has 3 aliphatic rings. The monoisotopic (exact) mass is 250 g/mol. The van der Waals surface area contributed by atoms with Crippen molar-refractivity contribution in [2.75, 3.05) is 19.6 Å². The van der Waals surface area contributed by atoms with Crippen molar-refractivity contribution >= 4 is 5.91 Å². The molecule has 0 saturated carbocycles. The van der Waals surface area contributed by atoms with E-state index in [0.717, 1.165) is 19.4 Å². The maximum atomic E-state index is 12.0. The van der Waals surface area contributed by atoms with Crippen LogP contribution in [0.25, 0.3) is 0 Å². The molecule has 1 amide bonds. The molecule has 1 N–H and O–H groups in total. The Morgan fingerprint density at radius 3 is 2.65 bits per heavy atom. The van der Waals surface area contributed by atoms with E-state index < -0.39 is 19.0 Å². The highest BCUT2D eigenvalue weighted by molar-refractivity contribution is 5.76. The third kappa shape index (κ3) is 3.59. The Hall–Kier alpha value is -0.780. The van der Waals surface area contributed by atoms with Gasteiger partial charge in [0.05, 0.1) is 6.42 Å². The number of fused-ring (bicyclic) bond motifs is 4. The predicted octanol–water partition coefficient (Wildman–Crippen LogP) is 1.54. The van der Waals surface area contributed by atoms with E-state index in [2.05, 4.69) is 5.32 Å². The summed E-state index contributed by atoms with van der Waals surface area (Å²) in [5.74, 6) is 0.0477. The minimum atomic E-state index is -4.24. The maximum absolute atomic E-state index is 12.0. The largest absolute Gasteiger partial charge is 0.389 e. The normalized spacial score (nSPS) is 29.2. The van der Waals surface area contributed by atoms with Gasteiger partial charge in [-0.05, 0) is 25.3 Å². The average molecular weight is 250 g/mol. The molecule has 0 aromatic carbocycles. The lowest BCUT2D eigenvalue weighted by Gasteiger charge is -2.23. The second-order valence-corrected chi connectivity index (χ2v) is 4.96. The average Bonchev–Trinajstić information content (AvgIpc) is 2.57. The van der Waals surface area contributed by atoms with Crippen molar-refractivity contribution in [3.63, 3.8) is 0 Å². The Labute approximate surface area is 98.3 Å². The Morgan fingerprint density at radius 2 is 2.06 bits per heavy atom. The van der Waals surface area contributed by atoms with Gasteiger partial charge in [-0.25, -0.2) is 0 Å². The second kappa shape index (κ2) is 4.84. The first-order chi connectivity index (χ1) is 7.94. The van der Waals surface area contributed by atoms with Crippen LogP contribution in [0.2, 0.25) is 0 Å². The number of hydrogen-bond donors (Lipinski definition) is 1. The molecule has 0 aliphatic carbocycles. The van der Waals surface area contributed by atoms with Crippen molar-refractivity contribution < 1.29 is 18.0 Å². The Bertz CT molecular complexity index is 271. The zero-order chi connectivity index (χ0) is 12.5. The van der Waals surface area contributed by atoms with Gasteiger partial charge in [0.25, 0.3) is 0 Å². The van der Waals surface area contributed by atoms with E-state index in [4.69, 9.17) is 0 Å². The van der Waals surface area contributed by atoms with E-state index in [1.165, 1.54) is 0 Å². The van der Waals surface area contributed by atoms with Crippen LogP contribution in [0.1, 0.15) is 25.7 Å². The van der Waals surface area contributed by atoms with Crippen LogP contribution in [0, 0.1) is 5.92 Å². The fourth-order valence-electron chi connectivity index (χ4n) is 2.55. The molecule has 0 radical (unpaired) electrons. The summed E-state index contributed by atoms with van der Waals surface area (Å²) in [4.78, 5) is 13.3. The van der Waals surface area contributed by atoms with Gasteiger partial charge in [-0.1, -0.05) is 0 Å². The topological polar surface area (TPSA) is 32.3 Å². The van der Waals surface area contributed by atoms with E-state index in [0.29, 0.717) is 19.0 Å². The molecule has 0 spiro atoms. The summed E-state index contributed by atoms with van der Waals surface area (Å²) >= 11 is 0. The van der Waals surface area contributed by atoms with Gasteiger partial charge < -0.3 is 10.2 Å². The lowest BCUT2D eigenvalue weighted by Crippen LogP contribution is -2.40. The highest BCUT2D eigenvalue weighted by Gasteiger charge is 2.33. The van der Waals surface area contributed by atoms with Gasteiger partial charge >= 0.3 is 6.18 Å². The quantitative estimate of drug-likeness (QED) is 0.806. The molecule has 3 nitrogen and oxygen atoms in total. The van der Waals surface area contributed by atoms with Crippen LogP contribution in [0.4, 0.5) is 13.2 Å². The van der Waals surface area contributed by atoms with Crippen LogP contribution in [0.15, 0.2) is 0 Å². The lowest BCUT2D eigenvalue weighted by molar-refractivity contribution is -0.149.